The van der Waals surface area contributed by atoms with E-state index in [2.05, 4.69) is 24.3 Å². The molecule has 22 heavy (non-hydrogen) atoms. The topological polar surface area (TPSA) is 84.2 Å². The van der Waals surface area contributed by atoms with Crippen molar-refractivity contribution in [2.45, 2.75) is 26.7 Å². The van der Waals surface area contributed by atoms with Crippen molar-refractivity contribution in [3.05, 3.63) is 42.2 Å². The van der Waals surface area contributed by atoms with Gasteiger partial charge in [0.1, 0.15) is 0 Å². The second-order valence-corrected chi connectivity index (χ2v) is 5.45. The van der Waals surface area contributed by atoms with Gasteiger partial charge in [-0.1, -0.05) is 26.0 Å². The molecule has 0 saturated carbocycles. The van der Waals surface area contributed by atoms with Crippen LogP contribution in [0.3, 0.4) is 0 Å². The van der Waals surface area contributed by atoms with E-state index in [9.17, 15) is 9.59 Å². The molecule has 2 aromatic rings. The molecule has 1 aromatic heterocycles. The molecule has 0 bridgehead atoms. The van der Waals surface area contributed by atoms with Crippen molar-refractivity contribution in [3.63, 3.8) is 0 Å². The van der Waals surface area contributed by atoms with Gasteiger partial charge in [0, 0.05) is 12.6 Å². The average Bonchev–Trinajstić information content (AvgIpc) is 2.95. The number of amides is 1. The highest BCUT2D eigenvalue weighted by molar-refractivity contribution is 5.92. The third-order valence-corrected chi connectivity index (χ3v) is 3.18. The van der Waals surface area contributed by atoms with Crippen molar-refractivity contribution in [2.24, 2.45) is 5.92 Å². The fourth-order valence-electron chi connectivity index (χ4n) is 1.98. The van der Waals surface area contributed by atoms with Crippen LogP contribution in [0.15, 0.2) is 36.5 Å². The monoisotopic (exact) mass is 301 g/mol. The Labute approximate surface area is 128 Å². The molecule has 116 valence electrons. The molecule has 0 atom stereocenters. The van der Waals surface area contributed by atoms with Gasteiger partial charge >= 0.3 is 5.97 Å². The lowest BCUT2D eigenvalue weighted by Crippen LogP contribution is -2.14. The fraction of sp³-hybridized carbons (Fsp3) is 0.312. The molecule has 1 amide bonds. The Kier molecular flexibility index (Phi) is 4.93. The SMILES string of the molecule is CC(C)CCC(=O)Nc1ccccc1-n1ccc(C(=O)O)n1. The molecule has 0 aliphatic rings. The van der Waals surface area contributed by atoms with Gasteiger partial charge in [0.2, 0.25) is 5.91 Å². The van der Waals surface area contributed by atoms with Crippen molar-refractivity contribution >= 4 is 17.6 Å². The van der Waals surface area contributed by atoms with Gasteiger partial charge in [-0.2, -0.15) is 5.10 Å². The summed E-state index contributed by atoms with van der Waals surface area (Å²) in [6.45, 7) is 4.14. The van der Waals surface area contributed by atoms with Crippen LogP contribution in [-0.2, 0) is 4.79 Å². The van der Waals surface area contributed by atoms with Crippen LogP contribution in [0.4, 0.5) is 5.69 Å². The van der Waals surface area contributed by atoms with Gasteiger partial charge in [-0.25, -0.2) is 9.48 Å². The minimum Gasteiger partial charge on any atom is -0.476 e. The van der Waals surface area contributed by atoms with E-state index < -0.39 is 5.97 Å². The van der Waals surface area contributed by atoms with Gasteiger partial charge in [0.05, 0.1) is 11.4 Å². The number of carboxylic acid groups (broad SMARTS) is 1. The number of benzene rings is 1. The summed E-state index contributed by atoms with van der Waals surface area (Å²) in [5, 5.41) is 15.8. The summed E-state index contributed by atoms with van der Waals surface area (Å²) < 4.78 is 1.45. The van der Waals surface area contributed by atoms with E-state index >= 15 is 0 Å². The summed E-state index contributed by atoms with van der Waals surface area (Å²) in [5.41, 5.74) is 1.20. The number of anilines is 1. The molecule has 2 N–H and O–H groups in total. The van der Waals surface area contributed by atoms with E-state index in [0.717, 1.165) is 6.42 Å². The number of aromatic nitrogens is 2. The number of aromatic carboxylic acids is 1. The van der Waals surface area contributed by atoms with Gasteiger partial charge in [-0.05, 0) is 30.5 Å². The summed E-state index contributed by atoms with van der Waals surface area (Å²) in [6, 6.07) is 8.57. The molecular weight excluding hydrogens is 282 g/mol. The average molecular weight is 301 g/mol. The number of carboxylic acids is 1. The molecule has 0 fully saturated rings. The first-order chi connectivity index (χ1) is 10.5. The third kappa shape index (κ3) is 3.94. The molecular formula is C16H19N3O3. The molecule has 0 aliphatic heterocycles. The van der Waals surface area contributed by atoms with Crippen LogP contribution >= 0.6 is 0 Å². The summed E-state index contributed by atoms with van der Waals surface area (Å²) in [4.78, 5) is 22.9. The first-order valence-electron chi connectivity index (χ1n) is 7.15. The second-order valence-electron chi connectivity index (χ2n) is 5.45. The number of hydrogen-bond donors (Lipinski definition) is 2. The van der Waals surface area contributed by atoms with Crippen LogP contribution in [-0.4, -0.2) is 26.8 Å². The Morgan fingerprint density at radius 1 is 1.27 bits per heavy atom. The van der Waals surface area contributed by atoms with E-state index in [4.69, 9.17) is 5.11 Å². The van der Waals surface area contributed by atoms with Crippen LogP contribution in [0.5, 0.6) is 0 Å². The van der Waals surface area contributed by atoms with E-state index in [1.165, 1.54) is 10.7 Å². The highest BCUT2D eigenvalue weighted by Crippen LogP contribution is 2.20. The van der Waals surface area contributed by atoms with Gasteiger partial charge in [-0.3, -0.25) is 4.79 Å². The van der Waals surface area contributed by atoms with Crippen LogP contribution in [0.1, 0.15) is 37.2 Å². The fourth-order valence-corrected chi connectivity index (χ4v) is 1.98. The van der Waals surface area contributed by atoms with E-state index in [1.54, 1.807) is 24.4 Å². The number of carbonyl (C=O) groups is 2. The maximum absolute atomic E-state index is 12.0. The molecule has 6 heteroatoms. The number of nitrogens with zero attached hydrogens (tertiary/aromatic N) is 2. The quantitative estimate of drug-likeness (QED) is 0.859. The van der Waals surface area contributed by atoms with Gasteiger partial charge in [0.15, 0.2) is 5.69 Å². The lowest BCUT2D eigenvalue weighted by atomic mass is 10.1. The summed E-state index contributed by atoms with van der Waals surface area (Å²) >= 11 is 0. The molecule has 0 saturated heterocycles. The lowest BCUT2D eigenvalue weighted by Gasteiger charge is -2.11. The number of hydrogen-bond acceptors (Lipinski definition) is 3. The molecule has 6 nitrogen and oxygen atoms in total. The third-order valence-electron chi connectivity index (χ3n) is 3.18. The Balaban J connectivity index is 2.19. The van der Waals surface area contributed by atoms with E-state index in [-0.39, 0.29) is 11.6 Å². The largest absolute Gasteiger partial charge is 0.476 e. The maximum Gasteiger partial charge on any atom is 0.356 e. The zero-order valence-corrected chi connectivity index (χ0v) is 12.6. The normalized spacial score (nSPS) is 10.7. The summed E-state index contributed by atoms with van der Waals surface area (Å²) in [6.07, 6.45) is 2.83. The number of nitrogens with one attached hydrogen (secondary N) is 1. The molecule has 0 aliphatic carbocycles. The number of para-hydroxylation sites is 2. The van der Waals surface area contributed by atoms with Gasteiger partial charge in [-0.15, -0.1) is 0 Å². The maximum atomic E-state index is 12.0. The minimum atomic E-state index is -1.09. The minimum absolute atomic E-state index is 0.0408. The predicted octanol–water partition coefficient (Wildman–Crippen LogP) is 2.95. The van der Waals surface area contributed by atoms with E-state index in [1.807, 2.05) is 6.07 Å². The zero-order chi connectivity index (χ0) is 16.1. The number of carbonyl (C=O) groups excluding carboxylic acids is 1. The van der Waals surface area contributed by atoms with Crippen molar-refractivity contribution in [1.29, 1.82) is 0 Å². The summed E-state index contributed by atoms with van der Waals surface area (Å²) in [7, 11) is 0. The van der Waals surface area contributed by atoms with Crippen molar-refractivity contribution in [1.82, 2.24) is 9.78 Å². The highest BCUT2D eigenvalue weighted by Gasteiger charge is 2.12. The molecule has 2 rings (SSSR count). The van der Waals surface area contributed by atoms with Crippen LogP contribution in [0, 0.1) is 5.92 Å². The van der Waals surface area contributed by atoms with Crippen molar-refractivity contribution in [3.8, 4) is 5.69 Å². The highest BCUT2D eigenvalue weighted by atomic mass is 16.4. The first kappa shape index (κ1) is 15.8. The Morgan fingerprint density at radius 3 is 2.64 bits per heavy atom. The molecule has 0 radical (unpaired) electrons. The van der Waals surface area contributed by atoms with Crippen LogP contribution in [0.2, 0.25) is 0 Å². The predicted molar refractivity (Wildman–Crippen MR) is 83.2 cm³/mol. The van der Waals surface area contributed by atoms with Gasteiger partial charge < -0.3 is 10.4 Å². The molecule has 0 spiro atoms. The van der Waals surface area contributed by atoms with Crippen molar-refractivity contribution < 1.29 is 14.7 Å². The Bertz CT molecular complexity index is 677. The second kappa shape index (κ2) is 6.89. The van der Waals surface area contributed by atoms with Crippen molar-refractivity contribution in [2.75, 3.05) is 5.32 Å². The molecule has 1 heterocycles. The zero-order valence-electron chi connectivity index (χ0n) is 12.6. The van der Waals surface area contributed by atoms with Gasteiger partial charge in [0.25, 0.3) is 0 Å². The Hall–Kier alpha value is -2.63. The van der Waals surface area contributed by atoms with E-state index in [0.29, 0.717) is 23.7 Å². The van der Waals surface area contributed by atoms with Crippen LogP contribution < -0.4 is 5.32 Å². The van der Waals surface area contributed by atoms with Crippen LogP contribution in [0.25, 0.3) is 5.69 Å². The first-order valence-corrected chi connectivity index (χ1v) is 7.15. The smallest absolute Gasteiger partial charge is 0.356 e. The summed E-state index contributed by atoms with van der Waals surface area (Å²) in [5.74, 6) is -0.686. The lowest BCUT2D eigenvalue weighted by molar-refractivity contribution is -0.116. The standard InChI is InChI=1S/C16H19N3O3/c1-11(2)7-8-15(20)17-12-5-3-4-6-14(12)19-10-9-13(18-19)16(21)22/h3-6,9-11H,7-8H2,1-2H3,(H,17,20)(H,21,22). The number of rotatable bonds is 6. The molecule has 0 unspecified atom stereocenters. The Morgan fingerprint density at radius 2 is 2.00 bits per heavy atom. The molecule has 1 aromatic carbocycles.